The lowest BCUT2D eigenvalue weighted by molar-refractivity contribution is -0.140. The third-order valence-corrected chi connectivity index (χ3v) is 11.9. The number of anilines is 1. The summed E-state index contributed by atoms with van der Waals surface area (Å²) in [6.45, 7) is 14.8. The van der Waals surface area contributed by atoms with Crippen LogP contribution in [0.5, 0.6) is 0 Å². The second-order valence-electron chi connectivity index (χ2n) is 13.4. The molecule has 0 unspecified atom stereocenters. The van der Waals surface area contributed by atoms with E-state index in [9.17, 15) is 14.0 Å². The molecule has 0 aliphatic carbocycles. The number of hydrogen-bond acceptors (Lipinski definition) is 7. The van der Waals surface area contributed by atoms with Gasteiger partial charge < -0.3 is 19.4 Å². The highest BCUT2D eigenvalue weighted by atomic mass is 35.5. The molecule has 46 heavy (non-hydrogen) atoms. The van der Waals surface area contributed by atoms with Crippen molar-refractivity contribution in [1.82, 2.24) is 19.4 Å². The number of thioether (sulfide) groups is 1. The Morgan fingerprint density at radius 3 is 2.57 bits per heavy atom. The van der Waals surface area contributed by atoms with E-state index in [1.165, 1.54) is 12.1 Å². The van der Waals surface area contributed by atoms with Crippen LogP contribution in [-0.2, 0) is 9.53 Å². The minimum Gasteiger partial charge on any atom is -0.380 e. The summed E-state index contributed by atoms with van der Waals surface area (Å²) in [5, 5.41) is 0.637. The number of amides is 1. The summed E-state index contributed by atoms with van der Waals surface area (Å²) in [6, 6.07) is 3.73. The first-order chi connectivity index (χ1) is 22.0. The van der Waals surface area contributed by atoms with Crippen LogP contribution in [0, 0.1) is 24.0 Å². The maximum absolute atomic E-state index is 15.4. The Hall–Kier alpha value is -2.99. The van der Waals surface area contributed by atoms with Crippen LogP contribution >= 0.6 is 23.4 Å². The molecule has 3 saturated heterocycles. The Bertz CT molecular complexity index is 1800. The predicted molar refractivity (Wildman–Crippen MR) is 178 cm³/mol. The molecule has 3 fully saturated rings. The second-order valence-corrected chi connectivity index (χ2v) is 14.9. The van der Waals surface area contributed by atoms with Crippen molar-refractivity contribution in [2.75, 3.05) is 56.6 Å². The van der Waals surface area contributed by atoms with Gasteiger partial charge in [0.15, 0.2) is 0 Å². The maximum atomic E-state index is 15.4. The van der Waals surface area contributed by atoms with Crippen LogP contribution in [0.1, 0.15) is 38.3 Å². The van der Waals surface area contributed by atoms with E-state index in [4.69, 9.17) is 21.3 Å². The quantitative estimate of drug-likeness (QED) is 0.256. The van der Waals surface area contributed by atoms with E-state index < -0.39 is 11.6 Å². The number of hydrogen-bond donors (Lipinski definition) is 0. The number of aromatic nitrogens is 2. The van der Waals surface area contributed by atoms with Gasteiger partial charge in [0.2, 0.25) is 5.91 Å². The number of nitrogens with zero attached hydrogens (tertiary/aromatic N) is 5. The number of benzene rings is 2. The van der Waals surface area contributed by atoms with Gasteiger partial charge in [0, 0.05) is 70.4 Å². The third-order valence-electron chi connectivity index (χ3n) is 10.3. The van der Waals surface area contributed by atoms with Gasteiger partial charge in [-0.3, -0.25) is 9.36 Å². The Morgan fingerprint density at radius 1 is 1.15 bits per heavy atom. The van der Waals surface area contributed by atoms with E-state index in [-0.39, 0.29) is 40.3 Å². The Balaban J connectivity index is 1.36. The molecule has 12 heteroatoms. The molecule has 1 aromatic heterocycles. The van der Waals surface area contributed by atoms with Gasteiger partial charge in [-0.25, -0.2) is 13.6 Å². The fourth-order valence-corrected chi connectivity index (χ4v) is 9.19. The average molecular weight is 670 g/mol. The maximum Gasteiger partial charge on any atom is 0.350 e. The number of halogens is 3. The number of piperazine rings is 1. The number of ether oxygens (including phenoxy) is 1. The van der Waals surface area contributed by atoms with Crippen molar-refractivity contribution in [2.24, 2.45) is 5.41 Å². The second kappa shape index (κ2) is 11.9. The molecule has 1 amide bonds. The van der Waals surface area contributed by atoms with Gasteiger partial charge >= 0.3 is 5.69 Å². The number of likely N-dealkylation sites (tertiary alicyclic amines) is 1. The molecule has 0 bridgehead atoms. The number of piperidine rings is 1. The van der Waals surface area contributed by atoms with Crippen molar-refractivity contribution in [2.45, 2.75) is 56.6 Å². The third kappa shape index (κ3) is 5.23. The number of carbonyl (C=O) groups excluding carboxylic acids is 1. The summed E-state index contributed by atoms with van der Waals surface area (Å²) in [7, 11) is 0. The van der Waals surface area contributed by atoms with Crippen LogP contribution in [-0.4, -0.2) is 89.0 Å². The van der Waals surface area contributed by atoms with Crippen molar-refractivity contribution in [3.05, 3.63) is 63.6 Å². The predicted octanol–water partition coefficient (Wildman–Crippen LogP) is 5.67. The molecule has 0 saturated carbocycles. The van der Waals surface area contributed by atoms with Crippen LogP contribution < -0.4 is 10.6 Å². The fraction of sp³-hybridized carbons (Fsp3) is 0.500. The van der Waals surface area contributed by atoms with E-state index in [1.54, 1.807) is 21.2 Å². The lowest BCUT2D eigenvalue weighted by Gasteiger charge is -2.48. The molecular formula is C34H38ClF2N5O3S. The first-order valence-electron chi connectivity index (χ1n) is 15.9. The van der Waals surface area contributed by atoms with E-state index >= 15 is 4.39 Å². The average Bonchev–Trinajstić information content (AvgIpc) is 3.01. The van der Waals surface area contributed by atoms with Gasteiger partial charge in [0.25, 0.3) is 0 Å². The summed E-state index contributed by atoms with van der Waals surface area (Å²) >= 11 is 7.77. The van der Waals surface area contributed by atoms with Crippen LogP contribution in [0.3, 0.4) is 0 Å². The number of rotatable bonds is 5. The van der Waals surface area contributed by atoms with Gasteiger partial charge in [-0.1, -0.05) is 18.2 Å². The van der Waals surface area contributed by atoms with E-state index in [0.717, 1.165) is 61.1 Å². The van der Waals surface area contributed by atoms with Crippen molar-refractivity contribution in [3.63, 3.8) is 0 Å². The molecule has 7 rings (SSSR count). The summed E-state index contributed by atoms with van der Waals surface area (Å²) in [6.07, 6.45) is 3.49. The fourth-order valence-electron chi connectivity index (χ4n) is 7.66. The zero-order valence-corrected chi connectivity index (χ0v) is 27.9. The standard InChI is InChI=1S/C34H38ClF2N5O3S/c1-5-28(43)40-13-21(4)41(14-20(40)3)32-24-10-19(2)29(23-11-25(35)27(37)12-26(23)36)31-30(24)42(33(44)38-32)22(16-46-31)15-39-8-6-34(7-9-39)17-45-18-34/h5,10-12,20-22H,1,6-9,13-18H2,2-4H3/t20-,21+,22+/m1/s1. The highest BCUT2D eigenvalue weighted by Crippen LogP contribution is 2.48. The van der Waals surface area contributed by atoms with Crippen LogP contribution in [0.2, 0.25) is 5.02 Å². The molecule has 5 heterocycles. The van der Waals surface area contributed by atoms with Gasteiger partial charge in [0.1, 0.15) is 17.5 Å². The van der Waals surface area contributed by atoms with E-state index in [1.807, 2.05) is 26.8 Å². The normalized spacial score (nSPS) is 24.3. The van der Waals surface area contributed by atoms with E-state index in [2.05, 4.69) is 16.4 Å². The van der Waals surface area contributed by atoms with Crippen molar-refractivity contribution < 1.29 is 18.3 Å². The lowest BCUT2D eigenvalue weighted by atomic mass is 9.77. The summed E-state index contributed by atoms with van der Waals surface area (Å²) in [4.78, 5) is 38.6. The minimum atomic E-state index is -0.819. The topological polar surface area (TPSA) is 70.9 Å². The minimum absolute atomic E-state index is 0.120. The largest absolute Gasteiger partial charge is 0.380 e. The summed E-state index contributed by atoms with van der Waals surface area (Å²) < 4.78 is 37.0. The molecule has 4 aliphatic heterocycles. The monoisotopic (exact) mass is 669 g/mol. The molecule has 2 aromatic carbocycles. The first kappa shape index (κ1) is 31.6. The van der Waals surface area contributed by atoms with Gasteiger partial charge in [-0.2, -0.15) is 4.98 Å². The molecule has 3 aromatic rings. The SMILES string of the molecule is C=CC(=O)N1C[C@H](C)N(c2nc(=O)n3c4c(c(-c5cc(Cl)c(F)cc5F)c(C)cc24)SC[C@@H]3CN2CCC3(CC2)COC3)C[C@H]1C. The Morgan fingerprint density at radius 2 is 1.89 bits per heavy atom. The molecule has 4 aliphatic rings. The first-order valence-corrected chi connectivity index (χ1v) is 17.2. The zero-order chi connectivity index (χ0) is 32.5. The Labute approximate surface area is 276 Å². The van der Waals surface area contributed by atoms with Crippen molar-refractivity contribution in [1.29, 1.82) is 0 Å². The van der Waals surface area contributed by atoms with Gasteiger partial charge in [-0.15, -0.1) is 11.8 Å². The van der Waals surface area contributed by atoms with Gasteiger partial charge in [-0.05, 0) is 70.5 Å². The molecule has 0 radical (unpaired) electrons. The molecule has 3 atom stereocenters. The van der Waals surface area contributed by atoms with E-state index in [0.29, 0.717) is 47.7 Å². The highest BCUT2D eigenvalue weighted by molar-refractivity contribution is 7.99. The van der Waals surface area contributed by atoms with Crippen molar-refractivity contribution in [3.8, 4) is 11.1 Å². The van der Waals surface area contributed by atoms with Crippen LogP contribution in [0.4, 0.5) is 14.6 Å². The van der Waals surface area contributed by atoms with Crippen molar-refractivity contribution >= 4 is 46.0 Å². The summed E-state index contributed by atoms with van der Waals surface area (Å²) in [5.74, 6) is -0.492. The molecule has 1 spiro atoms. The molecule has 8 nitrogen and oxygen atoms in total. The van der Waals surface area contributed by atoms with Crippen LogP contribution in [0.25, 0.3) is 22.0 Å². The van der Waals surface area contributed by atoms with Gasteiger partial charge in [0.05, 0.1) is 29.8 Å². The Kier molecular flexibility index (Phi) is 8.18. The lowest BCUT2D eigenvalue weighted by Crippen LogP contribution is -2.58. The smallest absolute Gasteiger partial charge is 0.350 e. The number of aryl methyl sites for hydroxylation is 1. The van der Waals surface area contributed by atoms with Crippen LogP contribution in [0.15, 0.2) is 40.5 Å². The number of carbonyl (C=O) groups is 1. The summed E-state index contributed by atoms with van der Waals surface area (Å²) in [5.41, 5.74) is 2.24. The molecule has 244 valence electrons. The molecular weight excluding hydrogens is 632 g/mol. The zero-order valence-electron chi connectivity index (χ0n) is 26.3. The molecule has 0 N–H and O–H groups in total. The highest BCUT2D eigenvalue weighted by Gasteiger charge is 2.42.